The number of anilines is 1. The largest absolute Gasteiger partial charge is 0.383 e. The maximum Gasteiger partial charge on any atom is 0.132 e. The van der Waals surface area contributed by atoms with Crippen LogP contribution in [0.4, 0.5) is 10.2 Å². The highest BCUT2D eigenvalue weighted by molar-refractivity contribution is 9.11. The van der Waals surface area contributed by atoms with E-state index in [0.29, 0.717) is 33.3 Å². The molecule has 2 aromatic rings. The van der Waals surface area contributed by atoms with Crippen LogP contribution in [0.15, 0.2) is 27.3 Å². The Labute approximate surface area is 149 Å². The standard InChI is InChI=1S/C15H14Br2FN5/c16-11-5-9(18)6-12(17)13(11)23-14(20)10(7-22-23)15(8-19)1-3-21-4-2-15/h5-7,21H,1-4,20H2. The monoisotopic (exact) mass is 441 g/mol. The average molecular weight is 443 g/mol. The van der Waals surface area contributed by atoms with Gasteiger partial charge in [-0.1, -0.05) is 0 Å². The topological polar surface area (TPSA) is 79.7 Å². The molecule has 0 atom stereocenters. The first-order valence-electron chi connectivity index (χ1n) is 7.09. The molecule has 2 heterocycles. The molecule has 0 saturated carbocycles. The van der Waals surface area contributed by atoms with E-state index in [9.17, 15) is 9.65 Å². The molecule has 1 aromatic heterocycles. The van der Waals surface area contributed by atoms with Gasteiger partial charge in [-0.25, -0.2) is 9.07 Å². The number of piperidine rings is 1. The quantitative estimate of drug-likeness (QED) is 0.747. The summed E-state index contributed by atoms with van der Waals surface area (Å²) in [4.78, 5) is 0. The van der Waals surface area contributed by atoms with Gasteiger partial charge in [0.1, 0.15) is 11.6 Å². The SMILES string of the molecule is N#CC1(c2cnn(-c3c(Br)cc(F)cc3Br)c2N)CCNCC1. The highest BCUT2D eigenvalue weighted by atomic mass is 79.9. The second kappa shape index (κ2) is 6.23. The number of aromatic nitrogens is 2. The Balaban J connectivity index is 2.12. The van der Waals surface area contributed by atoms with E-state index in [2.05, 4.69) is 48.3 Å². The lowest BCUT2D eigenvalue weighted by atomic mass is 9.75. The zero-order valence-corrected chi connectivity index (χ0v) is 15.3. The number of halogens is 3. The lowest BCUT2D eigenvalue weighted by Crippen LogP contribution is -2.39. The number of nitrogens with one attached hydrogen (secondary N) is 1. The average Bonchev–Trinajstić information content (AvgIpc) is 2.89. The molecule has 0 unspecified atom stereocenters. The summed E-state index contributed by atoms with van der Waals surface area (Å²) in [7, 11) is 0. The minimum atomic E-state index is -0.632. The molecule has 0 amide bonds. The van der Waals surface area contributed by atoms with Crippen LogP contribution in [0.2, 0.25) is 0 Å². The Morgan fingerprint density at radius 1 is 1.30 bits per heavy atom. The molecule has 1 aliphatic rings. The molecule has 1 aliphatic heterocycles. The first kappa shape index (κ1) is 16.4. The van der Waals surface area contributed by atoms with Crippen molar-refractivity contribution >= 4 is 37.7 Å². The molecule has 1 fully saturated rings. The Morgan fingerprint density at radius 3 is 2.48 bits per heavy atom. The van der Waals surface area contributed by atoms with E-state index in [1.807, 2.05) is 0 Å². The minimum absolute atomic E-state index is 0.370. The maximum atomic E-state index is 13.5. The lowest BCUT2D eigenvalue weighted by Gasteiger charge is -2.30. The molecule has 1 saturated heterocycles. The van der Waals surface area contributed by atoms with Gasteiger partial charge in [-0.05, 0) is 69.9 Å². The molecule has 0 aliphatic carbocycles. The third kappa shape index (κ3) is 2.77. The molecule has 120 valence electrons. The predicted octanol–water partition coefficient (Wildman–Crippen LogP) is 3.26. The molecule has 23 heavy (non-hydrogen) atoms. The summed E-state index contributed by atoms with van der Waals surface area (Å²) >= 11 is 6.69. The number of hydrogen-bond donors (Lipinski definition) is 2. The van der Waals surface area contributed by atoms with E-state index in [-0.39, 0.29) is 5.82 Å². The number of nitrogens with zero attached hydrogens (tertiary/aromatic N) is 3. The van der Waals surface area contributed by atoms with E-state index in [0.717, 1.165) is 18.7 Å². The molecular formula is C15H14Br2FN5. The molecule has 3 rings (SSSR count). The molecule has 1 aromatic carbocycles. The van der Waals surface area contributed by atoms with Crippen LogP contribution in [0, 0.1) is 17.1 Å². The van der Waals surface area contributed by atoms with Crippen LogP contribution in [0.25, 0.3) is 5.69 Å². The van der Waals surface area contributed by atoms with Crippen molar-refractivity contribution in [2.24, 2.45) is 0 Å². The van der Waals surface area contributed by atoms with Crippen molar-refractivity contribution in [2.45, 2.75) is 18.3 Å². The summed E-state index contributed by atoms with van der Waals surface area (Å²) in [5.41, 5.74) is 7.00. The van der Waals surface area contributed by atoms with Crippen molar-refractivity contribution in [3.63, 3.8) is 0 Å². The van der Waals surface area contributed by atoms with Gasteiger partial charge in [0, 0.05) is 14.5 Å². The fourth-order valence-corrected chi connectivity index (χ4v) is 4.40. The molecule has 3 N–H and O–H groups in total. The summed E-state index contributed by atoms with van der Waals surface area (Å²) in [6.45, 7) is 1.53. The highest BCUT2D eigenvalue weighted by Gasteiger charge is 2.37. The van der Waals surface area contributed by atoms with Crippen molar-refractivity contribution in [1.29, 1.82) is 5.26 Å². The Kier molecular flexibility index (Phi) is 4.45. The fourth-order valence-electron chi connectivity index (χ4n) is 2.94. The van der Waals surface area contributed by atoms with Crippen molar-refractivity contribution in [3.05, 3.63) is 38.7 Å². The van der Waals surface area contributed by atoms with E-state index in [1.54, 1.807) is 6.20 Å². The Bertz CT molecular complexity index is 767. The third-order valence-corrected chi connectivity index (χ3v) is 5.40. The molecule has 0 bridgehead atoms. The van der Waals surface area contributed by atoms with Gasteiger partial charge in [0.15, 0.2) is 0 Å². The highest BCUT2D eigenvalue weighted by Crippen LogP contribution is 2.39. The Hall–Kier alpha value is -1.43. The molecule has 0 radical (unpaired) electrons. The van der Waals surface area contributed by atoms with Crippen LogP contribution in [0.3, 0.4) is 0 Å². The third-order valence-electron chi connectivity index (χ3n) is 4.19. The number of benzene rings is 1. The molecule has 0 spiro atoms. The van der Waals surface area contributed by atoms with Crippen molar-refractivity contribution in [3.8, 4) is 11.8 Å². The maximum absolute atomic E-state index is 13.5. The summed E-state index contributed by atoms with van der Waals surface area (Å²) in [5.74, 6) is 0.0340. The summed E-state index contributed by atoms with van der Waals surface area (Å²) < 4.78 is 16.1. The zero-order chi connectivity index (χ0) is 16.6. The first-order valence-corrected chi connectivity index (χ1v) is 8.68. The van der Waals surface area contributed by atoms with Crippen LogP contribution >= 0.6 is 31.9 Å². The number of nitrogens with two attached hydrogens (primary N) is 1. The van der Waals surface area contributed by atoms with Gasteiger partial charge in [0.25, 0.3) is 0 Å². The van der Waals surface area contributed by atoms with Gasteiger partial charge < -0.3 is 11.1 Å². The molecule has 8 heteroatoms. The van der Waals surface area contributed by atoms with Crippen molar-refractivity contribution in [1.82, 2.24) is 15.1 Å². The normalized spacial score (nSPS) is 17.0. The fraction of sp³-hybridized carbons (Fsp3) is 0.333. The number of nitrogen functional groups attached to an aromatic ring is 1. The summed E-state index contributed by atoms with van der Waals surface area (Å²) in [6, 6.07) is 5.13. The van der Waals surface area contributed by atoms with Gasteiger partial charge in [-0.3, -0.25) is 0 Å². The second-order valence-electron chi connectivity index (χ2n) is 5.52. The number of rotatable bonds is 2. The van der Waals surface area contributed by atoms with E-state index < -0.39 is 5.41 Å². The lowest BCUT2D eigenvalue weighted by molar-refractivity contribution is 0.383. The van der Waals surface area contributed by atoms with Crippen LogP contribution in [-0.4, -0.2) is 22.9 Å². The van der Waals surface area contributed by atoms with Crippen molar-refractivity contribution < 1.29 is 4.39 Å². The van der Waals surface area contributed by atoms with Crippen LogP contribution in [0.5, 0.6) is 0 Å². The second-order valence-corrected chi connectivity index (χ2v) is 7.23. The Morgan fingerprint density at radius 2 is 1.91 bits per heavy atom. The van der Waals surface area contributed by atoms with Crippen LogP contribution in [-0.2, 0) is 5.41 Å². The zero-order valence-electron chi connectivity index (χ0n) is 12.1. The minimum Gasteiger partial charge on any atom is -0.383 e. The molecule has 5 nitrogen and oxygen atoms in total. The van der Waals surface area contributed by atoms with E-state index in [1.165, 1.54) is 16.8 Å². The van der Waals surface area contributed by atoms with Crippen LogP contribution < -0.4 is 11.1 Å². The summed E-state index contributed by atoms with van der Waals surface area (Å²) in [6.07, 6.45) is 3.02. The molecular weight excluding hydrogens is 429 g/mol. The van der Waals surface area contributed by atoms with Crippen LogP contribution in [0.1, 0.15) is 18.4 Å². The van der Waals surface area contributed by atoms with Gasteiger partial charge in [-0.15, -0.1) is 0 Å². The van der Waals surface area contributed by atoms with Gasteiger partial charge in [0.05, 0.1) is 23.4 Å². The van der Waals surface area contributed by atoms with Crippen molar-refractivity contribution in [2.75, 3.05) is 18.8 Å². The number of nitriles is 1. The van der Waals surface area contributed by atoms with E-state index in [4.69, 9.17) is 5.73 Å². The van der Waals surface area contributed by atoms with E-state index >= 15 is 0 Å². The number of hydrogen-bond acceptors (Lipinski definition) is 4. The van der Waals surface area contributed by atoms with Gasteiger partial charge >= 0.3 is 0 Å². The first-order chi connectivity index (χ1) is 11.0. The van der Waals surface area contributed by atoms with Gasteiger partial charge in [0.2, 0.25) is 0 Å². The predicted molar refractivity (Wildman–Crippen MR) is 92.7 cm³/mol. The van der Waals surface area contributed by atoms with Gasteiger partial charge in [-0.2, -0.15) is 10.4 Å². The smallest absolute Gasteiger partial charge is 0.132 e. The summed E-state index contributed by atoms with van der Waals surface area (Å²) in [5, 5.41) is 17.3.